The van der Waals surface area contributed by atoms with Crippen LogP contribution < -0.4 is 10.1 Å². The van der Waals surface area contributed by atoms with Crippen molar-refractivity contribution in [2.75, 3.05) is 18.7 Å². The Morgan fingerprint density at radius 3 is 2.57 bits per heavy atom. The minimum Gasteiger partial charge on any atom is -0.496 e. The number of nitrogens with zero attached hydrogens (tertiary/aromatic N) is 2. The zero-order valence-electron chi connectivity index (χ0n) is 16.9. The lowest BCUT2D eigenvalue weighted by Gasteiger charge is -2.20. The highest BCUT2D eigenvalue weighted by molar-refractivity contribution is 7.98. The highest BCUT2D eigenvalue weighted by Gasteiger charge is 2.13. The highest BCUT2D eigenvalue weighted by Crippen LogP contribution is 2.28. The lowest BCUT2D eigenvalue weighted by molar-refractivity contribution is 0.412. The molecule has 146 valence electrons. The van der Waals surface area contributed by atoms with Gasteiger partial charge in [-0.1, -0.05) is 37.6 Å². The third-order valence-corrected chi connectivity index (χ3v) is 5.50. The van der Waals surface area contributed by atoms with Gasteiger partial charge in [-0.2, -0.15) is 0 Å². The van der Waals surface area contributed by atoms with Crippen LogP contribution in [0, 0.1) is 6.92 Å². The first-order valence-corrected chi connectivity index (χ1v) is 10.7. The van der Waals surface area contributed by atoms with Gasteiger partial charge in [-0.25, -0.2) is 4.98 Å². The third-order valence-electron chi connectivity index (χ3n) is 4.76. The summed E-state index contributed by atoms with van der Waals surface area (Å²) in [6.45, 7) is 4.23. The van der Waals surface area contributed by atoms with Gasteiger partial charge in [-0.3, -0.25) is 4.98 Å². The van der Waals surface area contributed by atoms with Crippen LogP contribution in [-0.4, -0.2) is 23.3 Å². The van der Waals surface area contributed by atoms with E-state index in [0.717, 1.165) is 41.2 Å². The molecule has 3 rings (SSSR count). The normalized spacial score (nSPS) is 11.9. The van der Waals surface area contributed by atoms with E-state index in [1.54, 1.807) is 31.3 Å². The number of rotatable bonds is 8. The van der Waals surface area contributed by atoms with Crippen LogP contribution in [0.1, 0.15) is 36.9 Å². The minimum absolute atomic E-state index is 0.206. The molecule has 0 saturated carbocycles. The zero-order chi connectivity index (χ0) is 19.9. The number of hydrogen-bond donors (Lipinski definition) is 1. The highest BCUT2D eigenvalue weighted by atomic mass is 32.2. The number of aryl methyl sites for hydroxylation is 1. The van der Waals surface area contributed by atoms with Gasteiger partial charge in [0.2, 0.25) is 0 Å². The van der Waals surface area contributed by atoms with Gasteiger partial charge < -0.3 is 10.1 Å². The Morgan fingerprint density at radius 2 is 1.89 bits per heavy atom. The van der Waals surface area contributed by atoms with Crippen molar-refractivity contribution in [1.29, 1.82) is 0 Å². The Labute approximate surface area is 171 Å². The van der Waals surface area contributed by atoms with Crippen molar-refractivity contribution in [3.8, 4) is 17.0 Å². The molecule has 4 nitrogen and oxygen atoms in total. The first kappa shape index (κ1) is 20.2. The van der Waals surface area contributed by atoms with Gasteiger partial charge in [0.1, 0.15) is 11.6 Å². The maximum atomic E-state index is 5.45. The van der Waals surface area contributed by atoms with E-state index in [1.165, 1.54) is 10.5 Å². The number of ether oxygens (including phenoxy) is 1. The van der Waals surface area contributed by atoms with E-state index in [4.69, 9.17) is 9.72 Å². The van der Waals surface area contributed by atoms with Gasteiger partial charge >= 0.3 is 0 Å². The average molecular weight is 394 g/mol. The molecular formula is C23H27N3OS. The van der Waals surface area contributed by atoms with Crippen molar-refractivity contribution < 1.29 is 4.74 Å². The number of aromatic nitrogens is 2. The number of hydrogen-bond acceptors (Lipinski definition) is 5. The van der Waals surface area contributed by atoms with Gasteiger partial charge in [-0.05, 0) is 48.9 Å². The topological polar surface area (TPSA) is 47.0 Å². The molecule has 28 heavy (non-hydrogen) atoms. The van der Waals surface area contributed by atoms with Crippen molar-refractivity contribution in [2.24, 2.45) is 0 Å². The third kappa shape index (κ3) is 4.84. The smallest absolute Gasteiger partial charge is 0.145 e. The van der Waals surface area contributed by atoms with Gasteiger partial charge in [0.05, 0.1) is 31.2 Å². The summed E-state index contributed by atoms with van der Waals surface area (Å²) in [4.78, 5) is 10.5. The van der Waals surface area contributed by atoms with Gasteiger partial charge in [-0.15, -0.1) is 11.8 Å². The predicted molar refractivity (Wildman–Crippen MR) is 118 cm³/mol. The summed E-state index contributed by atoms with van der Waals surface area (Å²) in [6, 6.07) is 15.0. The minimum atomic E-state index is 0.206. The summed E-state index contributed by atoms with van der Waals surface area (Å²) in [6.07, 6.45) is 7.79. The first-order chi connectivity index (χ1) is 13.6. The molecule has 0 aliphatic carbocycles. The van der Waals surface area contributed by atoms with Gasteiger partial charge in [0.25, 0.3) is 0 Å². The zero-order valence-corrected chi connectivity index (χ0v) is 17.7. The van der Waals surface area contributed by atoms with E-state index in [2.05, 4.69) is 53.8 Å². The molecule has 0 radical (unpaired) electrons. The lowest BCUT2D eigenvalue weighted by atomic mass is 10.0. The van der Waals surface area contributed by atoms with Crippen LogP contribution in [0.3, 0.4) is 0 Å². The summed E-state index contributed by atoms with van der Waals surface area (Å²) < 4.78 is 5.45. The molecule has 0 amide bonds. The predicted octanol–water partition coefficient (Wildman–Crippen LogP) is 6.14. The SMILES string of the molecule is CCCC(Nc1cncc(-c2ccc(C)c(OC)c2)n1)c1ccc(SC)cc1. The van der Waals surface area contributed by atoms with Crippen LogP contribution in [-0.2, 0) is 0 Å². The molecule has 0 fully saturated rings. The van der Waals surface area contributed by atoms with E-state index in [0.29, 0.717) is 0 Å². The second-order valence-electron chi connectivity index (χ2n) is 6.73. The molecule has 0 spiro atoms. The van der Waals surface area contributed by atoms with Crippen molar-refractivity contribution in [1.82, 2.24) is 9.97 Å². The number of thioether (sulfide) groups is 1. The molecule has 0 bridgehead atoms. The molecule has 0 aliphatic rings. The van der Waals surface area contributed by atoms with Crippen LogP contribution in [0.5, 0.6) is 5.75 Å². The van der Waals surface area contributed by atoms with Crippen molar-refractivity contribution in [3.63, 3.8) is 0 Å². The Balaban J connectivity index is 1.85. The number of methoxy groups -OCH3 is 1. The number of anilines is 1. The largest absolute Gasteiger partial charge is 0.496 e. The number of benzene rings is 2. The standard InChI is InChI=1S/C23H27N3OS/c1-5-6-20(17-9-11-19(28-4)12-10-17)25-23-15-24-14-21(26-23)18-8-7-16(2)22(13-18)27-3/h7-15,20H,5-6H2,1-4H3,(H,25,26). The fraction of sp³-hybridized carbons (Fsp3) is 0.304. The summed E-state index contributed by atoms with van der Waals surface area (Å²) in [5.74, 6) is 1.64. The lowest BCUT2D eigenvalue weighted by Crippen LogP contribution is -2.12. The summed E-state index contributed by atoms with van der Waals surface area (Å²) in [7, 11) is 1.69. The van der Waals surface area contributed by atoms with E-state index in [9.17, 15) is 0 Å². The van der Waals surface area contributed by atoms with Crippen molar-refractivity contribution in [2.45, 2.75) is 37.6 Å². The quantitative estimate of drug-likeness (QED) is 0.466. The molecule has 1 aromatic heterocycles. The van der Waals surface area contributed by atoms with E-state index < -0.39 is 0 Å². The maximum Gasteiger partial charge on any atom is 0.145 e. The maximum absolute atomic E-state index is 5.45. The molecular weight excluding hydrogens is 366 g/mol. The van der Waals surface area contributed by atoms with Gasteiger partial charge in [0, 0.05) is 10.5 Å². The average Bonchev–Trinajstić information content (AvgIpc) is 2.74. The van der Waals surface area contributed by atoms with Crippen LogP contribution >= 0.6 is 11.8 Å². The fourth-order valence-corrected chi connectivity index (χ4v) is 3.59. The van der Waals surface area contributed by atoms with Gasteiger partial charge in [0.15, 0.2) is 0 Å². The molecule has 5 heteroatoms. The summed E-state index contributed by atoms with van der Waals surface area (Å²) in [5.41, 5.74) is 4.19. The Bertz CT molecular complexity index is 912. The van der Waals surface area contributed by atoms with Crippen LogP contribution in [0.15, 0.2) is 59.8 Å². The molecule has 1 heterocycles. The Morgan fingerprint density at radius 1 is 1.11 bits per heavy atom. The summed E-state index contributed by atoms with van der Waals surface area (Å²) in [5, 5.41) is 3.57. The van der Waals surface area contributed by atoms with E-state index in [1.807, 2.05) is 19.1 Å². The molecule has 1 atom stereocenters. The molecule has 3 aromatic rings. The van der Waals surface area contributed by atoms with Crippen molar-refractivity contribution >= 4 is 17.6 Å². The molecule has 2 aromatic carbocycles. The van der Waals surface area contributed by atoms with Crippen LogP contribution in [0.4, 0.5) is 5.82 Å². The molecule has 1 N–H and O–H groups in total. The Hall–Kier alpha value is -2.53. The van der Waals surface area contributed by atoms with Crippen LogP contribution in [0.2, 0.25) is 0 Å². The summed E-state index contributed by atoms with van der Waals surface area (Å²) >= 11 is 1.76. The fourth-order valence-electron chi connectivity index (χ4n) is 3.18. The second-order valence-corrected chi connectivity index (χ2v) is 7.61. The monoisotopic (exact) mass is 393 g/mol. The van der Waals surface area contributed by atoms with Crippen molar-refractivity contribution in [3.05, 3.63) is 66.0 Å². The molecule has 0 saturated heterocycles. The van der Waals surface area contributed by atoms with E-state index in [-0.39, 0.29) is 6.04 Å². The number of nitrogens with one attached hydrogen (secondary N) is 1. The van der Waals surface area contributed by atoms with Crippen LogP contribution in [0.25, 0.3) is 11.3 Å². The molecule has 1 unspecified atom stereocenters. The second kappa shape index (κ2) is 9.60. The van der Waals surface area contributed by atoms with E-state index >= 15 is 0 Å². The first-order valence-electron chi connectivity index (χ1n) is 9.52. The Kier molecular flexibility index (Phi) is 6.93. The molecule has 0 aliphatic heterocycles.